The number of hydrogen-bond donors (Lipinski definition) is 1. The van der Waals surface area contributed by atoms with Crippen LogP contribution in [0.25, 0.3) is 0 Å². The normalized spacial score (nSPS) is 17.9. The highest BCUT2D eigenvalue weighted by atomic mass is 32.1. The number of thiazole rings is 1. The quantitative estimate of drug-likeness (QED) is 0.833. The molecule has 0 aliphatic heterocycles. The maximum atomic E-state index is 8.88. The van der Waals surface area contributed by atoms with E-state index in [1.54, 1.807) is 0 Å². The summed E-state index contributed by atoms with van der Waals surface area (Å²) in [7, 11) is 0. The molecule has 0 radical (unpaired) electrons. The predicted octanol–water partition coefficient (Wildman–Crippen LogP) is 2.64. The molecule has 0 unspecified atom stereocenters. The first-order chi connectivity index (χ1) is 6.81. The second-order valence-electron chi connectivity index (χ2n) is 4.01. The molecule has 1 aromatic heterocycles. The lowest BCUT2D eigenvalue weighted by Gasteiger charge is -2.02. The van der Waals surface area contributed by atoms with E-state index < -0.39 is 0 Å². The Bertz CT molecular complexity index is 302. The van der Waals surface area contributed by atoms with Gasteiger partial charge in [0.2, 0.25) is 0 Å². The van der Waals surface area contributed by atoms with Gasteiger partial charge in [-0.15, -0.1) is 11.3 Å². The molecular formula is C11H17NOS. The van der Waals surface area contributed by atoms with Gasteiger partial charge >= 0.3 is 0 Å². The molecule has 3 heteroatoms. The molecule has 2 rings (SSSR count). The molecule has 1 saturated carbocycles. The molecular weight excluding hydrogens is 194 g/mol. The Morgan fingerprint density at radius 2 is 2.14 bits per heavy atom. The third-order valence-electron chi connectivity index (χ3n) is 2.96. The summed E-state index contributed by atoms with van der Waals surface area (Å²) < 4.78 is 0. The molecule has 1 aromatic rings. The number of nitrogens with zero attached hydrogens (tertiary/aromatic N) is 1. The number of hydrogen-bond acceptors (Lipinski definition) is 3. The van der Waals surface area contributed by atoms with E-state index >= 15 is 0 Å². The van der Waals surface area contributed by atoms with Crippen molar-refractivity contribution in [1.82, 2.24) is 4.98 Å². The molecule has 0 amide bonds. The molecule has 1 heterocycles. The van der Waals surface area contributed by atoms with Crippen LogP contribution in [0.3, 0.4) is 0 Å². The third-order valence-corrected chi connectivity index (χ3v) is 4.14. The largest absolute Gasteiger partial charge is 0.396 e. The number of aliphatic hydroxyl groups is 1. The Hall–Kier alpha value is -0.410. The van der Waals surface area contributed by atoms with Crippen LogP contribution in [-0.2, 0) is 6.42 Å². The van der Waals surface area contributed by atoms with Crippen molar-refractivity contribution in [3.63, 3.8) is 0 Å². The highest BCUT2D eigenvalue weighted by molar-refractivity contribution is 7.11. The number of aliphatic hydroxyl groups excluding tert-OH is 1. The van der Waals surface area contributed by atoms with Gasteiger partial charge in [-0.2, -0.15) is 0 Å². The minimum absolute atomic E-state index is 0.217. The second-order valence-corrected chi connectivity index (χ2v) is 5.24. The average molecular weight is 211 g/mol. The van der Waals surface area contributed by atoms with Gasteiger partial charge in [-0.25, -0.2) is 4.98 Å². The zero-order valence-electron chi connectivity index (χ0n) is 8.62. The molecule has 0 bridgehead atoms. The van der Waals surface area contributed by atoms with E-state index in [9.17, 15) is 0 Å². The summed E-state index contributed by atoms with van der Waals surface area (Å²) in [6.07, 6.45) is 6.06. The van der Waals surface area contributed by atoms with Crippen molar-refractivity contribution in [2.75, 3.05) is 6.61 Å². The highest BCUT2D eigenvalue weighted by Gasteiger charge is 2.21. The number of aromatic nitrogens is 1. The molecule has 1 N–H and O–H groups in total. The van der Waals surface area contributed by atoms with E-state index in [0.717, 1.165) is 12.1 Å². The highest BCUT2D eigenvalue weighted by Crippen LogP contribution is 2.36. The summed E-state index contributed by atoms with van der Waals surface area (Å²) in [5, 5.41) is 10.2. The molecule has 1 aliphatic carbocycles. The fourth-order valence-electron chi connectivity index (χ4n) is 2.14. The fraction of sp³-hybridized carbons (Fsp3) is 0.727. The first-order valence-corrected chi connectivity index (χ1v) is 6.20. The lowest BCUT2D eigenvalue weighted by atomic mass is 10.1. The Balaban J connectivity index is 2.14. The molecule has 2 nitrogen and oxygen atoms in total. The van der Waals surface area contributed by atoms with Gasteiger partial charge < -0.3 is 5.11 Å². The van der Waals surface area contributed by atoms with Crippen LogP contribution in [0, 0.1) is 6.92 Å². The van der Waals surface area contributed by atoms with Gasteiger partial charge in [-0.3, -0.25) is 0 Å². The van der Waals surface area contributed by atoms with Gasteiger partial charge in [0.15, 0.2) is 0 Å². The van der Waals surface area contributed by atoms with Crippen LogP contribution < -0.4 is 0 Å². The molecule has 0 atom stereocenters. The Morgan fingerprint density at radius 1 is 1.43 bits per heavy atom. The Labute approximate surface area is 89.0 Å². The van der Waals surface area contributed by atoms with Gasteiger partial charge in [0, 0.05) is 23.8 Å². The van der Waals surface area contributed by atoms with Crippen molar-refractivity contribution in [3.05, 3.63) is 15.6 Å². The lowest BCUT2D eigenvalue weighted by molar-refractivity contribution is 0.298. The summed E-state index contributed by atoms with van der Waals surface area (Å²) in [6, 6.07) is 0. The average Bonchev–Trinajstić information content (AvgIpc) is 2.76. The van der Waals surface area contributed by atoms with Crippen LogP contribution in [0.5, 0.6) is 0 Å². The van der Waals surface area contributed by atoms with Crippen molar-refractivity contribution in [3.8, 4) is 0 Å². The van der Waals surface area contributed by atoms with Crippen molar-refractivity contribution in [2.45, 2.75) is 44.9 Å². The summed E-state index contributed by atoms with van der Waals surface area (Å²) >= 11 is 1.83. The van der Waals surface area contributed by atoms with E-state index in [1.165, 1.54) is 35.6 Å². The SMILES string of the molecule is Cc1sc(C2CCCC2)nc1CCO. The van der Waals surface area contributed by atoms with Crippen LogP contribution in [0.1, 0.15) is 47.2 Å². The maximum absolute atomic E-state index is 8.88. The smallest absolute Gasteiger partial charge is 0.0961 e. The van der Waals surface area contributed by atoms with E-state index in [-0.39, 0.29) is 6.61 Å². The topological polar surface area (TPSA) is 33.1 Å². The third kappa shape index (κ3) is 1.98. The molecule has 1 aliphatic rings. The zero-order valence-corrected chi connectivity index (χ0v) is 9.44. The van der Waals surface area contributed by atoms with Crippen LogP contribution in [0.4, 0.5) is 0 Å². The first kappa shape index (κ1) is 10.1. The summed E-state index contributed by atoms with van der Waals surface area (Å²) in [6.45, 7) is 2.33. The van der Waals surface area contributed by atoms with E-state index in [2.05, 4.69) is 11.9 Å². The first-order valence-electron chi connectivity index (χ1n) is 5.38. The summed E-state index contributed by atoms with van der Waals surface area (Å²) in [5.74, 6) is 0.714. The number of aryl methyl sites for hydroxylation is 1. The van der Waals surface area contributed by atoms with Crippen LogP contribution in [-0.4, -0.2) is 16.7 Å². The van der Waals surface area contributed by atoms with E-state index in [4.69, 9.17) is 5.11 Å². The van der Waals surface area contributed by atoms with Crippen molar-refractivity contribution >= 4 is 11.3 Å². The Kier molecular flexibility index (Phi) is 3.19. The lowest BCUT2D eigenvalue weighted by Crippen LogP contribution is -1.95. The van der Waals surface area contributed by atoms with Gasteiger partial charge in [0.05, 0.1) is 10.7 Å². The van der Waals surface area contributed by atoms with Gasteiger partial charge in [-0.05, 0) is 19.8 Å². The molecule has 0 spiro atoms. The van der Waals surface area contributed by atoms with Gasteiger partial charge in [0.25, 0.3) is 0 Å². The molecule has 14 heavy (non-hydrogen) atoms. The van der Waals surface area contributed by atoms with Gasteiger partial charge in [0.1, 0.15) is 0 Å². The number of rotatable bonds is 3. The van der Waals surface area contributed by atoms with Crippen LogP contribution in [0.15, 0.2) is 0 Å². The molecule has 0 saturated heterocycles. The van der Waals surface area contributed by atoms with E-state index in [0.29, 0.717) is 5.92 Å². The van der Waals surface area contributed by atoms with Crippen molar-refractivity contribution < 1.29 is 5.11 Å². The monoisotopic (exact) mass is 211 g/mol. The fourth-order valence-corrected chi connectivity index (χ4v) is 3.27. The minimum atomic E-state index is 0.217. The Morgan fingerprint density at radius 3 is 2.79 bits per heavy atom. The van der Waals surface area contributed by atoms with Gasteiger partial charge in [-0.1, -0.05) is 12.8 Å². The zero-order chi connectivity index (χ0) is 9.97. The predicted molar refractivity (Wildman–Crippen MR) is 58.8 cm³/mol. The standard InChI is InChI=1S/C11H17NOS/c1-8-10(6-7-13)12-11(14-8)9-4-2-3-5-9/h9,13H,2-7H2,1H3. The van der Waals surface area contributed by atoms with Crippen LogP contribution in [0.2, 0.25) is 0 Å². The minimum Gasteiger partial charge on any atom is -0.396 e. The molecule has 0 aromatic carbocycles. The molecule has 1 fully saturated rings. The summed E-state index contributed by atoms with van der Waals surface area (Å²) in [5.41, 5.74) is 1.11. The second kappa shape index (κ2) is 4.41. The van der Waals surface area contributed by atoms with Crippen molar-refractivity contribution in [1.29, 1.82) is 0 Å². The molecule has 78 valence electrons. The van der Waals surface area contributed by atoms with Crippen molar-refractivity contribution in [2.24, 2.45) is 0 Å². The van der Waals surface area contributed by atoms with Crippen LogP contribution >= 0.6 is 11.3 Å². The van der Waals surface area contributed by atoms with E-state index in [1.807, 2.05) is 11.3 Å². The summed E-state index contributed by atoms with van der Waals surface area (Å²) in [4.78, 5) is 5.93. The maximum Gasteiger partial charge on any atom is 0.0961 e.